The summed E-state index contributed by atoms with van der Waals surface area (Å²) in [5.74, 6) is 0.931. The monoisotopic (exact) mass is 292 g/mol. The summed E-state index contributed by atoms with van der Waals surface area (Å²) in [7, 11) is 0. The highest BCUT2D eigenvalue weighted by molar-refractivity contribution is 7.22. The number of benzene rings is 1. The number of nitrogens with one attached hydrogen (secondary N) is 1. The Labute approximate surface area is 117 Å². The zero-order valence-electron chi connectivity index (χ0n) is 9.59. The molecule has 3 aromatic rings. The molecule has 1 aromatic carbocycles. The van der Waals surface area contributed by atoms with Gasteiger partial charge in [-0.05, 0) is 18.2 Å². The van der Waals surface area contributed by atoms with Gasteiger partial charge in [-0.2, -0.15) is 9.97 Å². The zero-order chi connectivity index (χ0) is 13.4. The van der Waals surface area contributed by atoms with E-state index in [-0.39, 0.29) is 5.95 Å². The lowest BCUT2D eigenvalue weighted by molar-refractivity contribution is 1.19. The van der Waals surface area contributed by atoms with Gasteiger partial charge in [0.2, 0.25) is 5.95 Å². The zero-order valence-corrected chi connectivity index (χ0v) is 11.2. The first-order chi connectivity index (χ1) is 9.10. The van der Waals surface area contributed by atoms with E-state index < -0.39 is 0 Å². The topological polar surface area (TPSA) is 103 Å². The number of hydrogen-bond donors (Lipinski definition) is 3. The van der Waals surface area contributed by atoms with E-state index in [4.69, 9.17) is 23.1 Å². The van der Waals surface area contributed by atoms with E-state index >= 15 is 0 Å². The van der Waals surface area contributed by atoms with Gasteiger partial charge in [-0.15, -0.1) is 0 Å². The van der Waals surface area contributed by atoms with Crippen LogP contribution in [0.2, 0.25) is 5.02 Å². The van der Waals surface area contributed by atoms with E-state index in [1.165, 1.54) is 11.3 Å². The molecule has 0 fully saturated rings. The Kier molecular flexibility index (Phi) is 2.84. The molecule has 3 rings (SSSR count). The molecule has 0 aliphatic heterocycles. The van der Waals surface area contributed by atoms with Crippen molar-refractivity contribution < 1.29 is 0 Å². The van der Waals surface area contributed by atoms with Crippen LogP contribution in [0.5, 0.6) is 0 Å². The van der Waals surface area contributed by atoms with Gasteiger partial charge in [0, 0.05) is 11.1 Å². The third-order valence-electron chi connectivity index (χ3n) is 2.35. The highest BCUT2D eigenvalue weighted by Gasteiger charge is 2.06. The summed E-state index contributed by atoms with van der Waals surface area (Å²) in [6.07, 6.45) is 0. The summed E-state index contributed by atoms with van der Waals surface area (Å²) in [5.41, 5.74) is 12.0. The Bertz CT molecular complexity index is 736. The molecule has 0 unspecified atom stereocenters. The minimum atomic E-state index is 0.117. The van der Waals surface area contributed by atoms with Crippen molar-refractivity contribution in [1.82, 2.24) is 15.0 Å². The average Bonchev–Trinajstić information content (AvgIpc) is 2.68. The van der Waals surface area contributed by atoms with E-state index in [9.17, 15) is 0 Å². The van der Waals surface area contributed by atoms with Crippen LogP contribution in [0.25, 0.3) is 10.2 Å². The van der Waals surface area contributed by atoms with Crippen LogP contribution in [0, 0.1) is 0 Å². The van der Waals surface area contributed by atoms with E-state index in [1.54, 1.807) is 12.1 Å². The first-order valence-electron chi connectivity index (χ1n) is 5.33. The van der Waals surface area contributed by atoms with Gasteiger partial charge in [0.25, 0.3) is 0 Å². The Morgan fingerprint density at radius 1 is 1.11 bits per heavy atom. The quantitative estimate of drug-likeness (QED) is 0.671. The molecule has 0 radical (unpaired) electrons. The molecular weight excluding hydrogens is 284 g/mol. The molecule has 0 atom stereocenters. The number of nitrogen functional groups attached to an aromatic ring is 2. The van der Waals surface area contributed by atoms with Gasteiger partial charge in [0.1, 0.15) is 11.6 Å². The Morgan fingerprint density at radius 2 is 1.95 bits per heavy atom. The van der Waals surface area contributed by atoms with Gasteiger partial charge in [-0.1, -0.05) is 22.9 Å². The molecule has 2 heterocycles. The smallest absolute Gasteiger partial charge is 0.223 e. The van der Waals surface area contributed by atoms with Crippen LogP contribution < -0.4 is 16.8 Å². The molecule has 96 valence electrons. The second kappa shape index (κ2) is 4.52. The molecule has 5 N–H and O–H groups in total. The molecule has 0 amide bonds. The maximum Gasteiger partial charge on any atom is 0.223 e. The molecule has 6 nitrogen and oxygen atoms in total. The average molecular weight is 293 g/mol. The van der Waals surface area contributed by atoms with E-state index in [0.29, 0.717) is 21.8 Å². The van der Waals surface area contributed by atoms with Crippen LogP contribution in [-0.4, -0.2) is 15.0 Å². The fraction of sp³-hybridized carbons (Fsp3) is 0. The lowest BCUT2D eigenvalue weighted by Crippen LogP contribution is -2.02. The number of rotatable bonds is 2. The summed E-state index contributed by atoms with van der Waals surface area (Å²) in [4.78, 5) is 12.2. The van der Waals surface area contributed by atoms with Crippen molar-refractivity contribution in [3.8, 4) is 0 Å². The SMILES string of the molecule is Nc1cc(Nc2nc3ccc(Cl)cc3s2)nc(N)n1. The number of fused-ring (bicyclic) bond motifs is 1. The summed E-state index contributed by atoms with van der Waals surface area (Å²) >= 11 is 7.40. The summed E-state index contributed by atoms with van der Waals surface area (Å²) < 4.78 is 0.991. The molecule has 0 aliphatic carbocycles. The van der Waals surface area contributed by atoms with Crippen LogP contribution in [0.3, 0.4) is 0 Å². The number of halogens is 1. The van der Waals surface area contributed by atoms with Crippen LogP contribution in [0.1, 0.15) is 0 Å². The second-order valence-corrected chi connectivity index (χ2v) is 5.26. The number of aromatic nitrogens is 3. The highest BCUT2D eigenvalue weighted by atomic mass is 35.5. The molecule has 0 aliphatic rings. The minimum absolute atomic E-state index is 0.117. The number of thiazole rings is 1. The van der Waals surface area contributed by atoms with Gasteiger partial charge in [-0.25, -0.2) is 4.98 Å². The minimum Gasteiger partial charge on any atom is -0.383 e. The van der Waals surface area contributed by atoms with Crippen molar-refractivity contribution in [3.05, 3.63) is 29.3 Å². The second-order valence-electron chi connectivity index (χ2n) is 3.79. The lowest BCUT2D eigenvalue weighted by Gasteiger charge is -2.02. The normalized spacial score (nSPS) is 10.8. The van der Waals surface area contributed by atoms with Gasteiger partial charge >= 0.3 is 0 Å². The number of nitrogens with zero attached hydrogens (tertiary/aromatic N) is 3. The predicted octanol–water partition coefficient (Wildman–Crippen LogP) is 2.65. The van der Waals surface area contributed by atoms with Crippen molar-refractivity contribution in [2.75, 3.05) is 16.8 Å². The molecule has 0 spiro atoms. The number of anilines is 4. The summed E-state index contributed by atoms with van der Waals surface area (Å²) in [6.45, 7) is 0. The van der Waals surface area contributed by atoms with Crippen LogP contribution in [0.15, 0.2) is 24.3 Å². The Hall–Kier alpha value is -2.12. The first kappa shape index (κ1) is 11.9. The standard InChI is InChI=1S/C11H9ClN6S/c12-5-1-2-6-7(3-5)19-11(15-6)18-9-4-8(13)16-10(14)17-9/h1-4H,(H5,13,14,15,16,17,18). The van der Waals surface area contributed by atoms with Crippen molar-refractivity contribution >= 4 is 55.9 Å². The molecule has 0 saturated heterocycles. The molecule has 2 aromatic heterocycles. The number of hydrogen-bond acceptors (Lipinski definition) is 7. The van der Waals surface area contributed by atoms with Crippen LogP contribution in [0.4, 0.5) is 22.7 Å². The van der Waals surface area contributed by atoms with Crippen molar-refractivity contribution in [3.63, 3.8) is 0 Å². The van der Waals surface area contributed by atoms with Crippen molar-refractivity contribution in [2.24, 2.45) is 0 Å². The third kappa shape index (κ3) is 2.51. The summed E-state index contributed by atoms with van der Waals surface area (Å²) in [5, 5.41) is 4.42. The molecule has 19 heavy (non-hydrogen) atoms. The van der Waals surface area contributed by atoms with Crippen molar-refractivity contribution in [1.29, 1.82) is 0 Å². The van der Waals surface area contributed by atoms with E-state index in [0.717, 1.165) is 10.2 Å². The van der Waals surface area contributed by atoms with Crippen molar-refractivity contribution in [2.45, 2.75) is 0 Å². The van der Waals surface area contributed by atoms with Gasteiger partial charge in [0.05, 0.1) is 10.2 Å². The fourth-order valence-electron chi connectivity index (χ4n) is 1.61. The Morgan fingerprint density at radius 3 is 2.74 bits per heavy atom. The van der Waals surface area contributed by atoms with Gasteiger partial charge < -0.3 is 16.8 Å². The third-order valence-corrected chi connectivity index (χ3v) is 3.52. The number of nitrogens with two attached hydrogens (primary N) is 2. The van der Waals surface area contributed by atoms with Gasteiger partial charge in [-0.3, -0.25) is 0 Å². The predicted molar refractivity (Wildman–Crippen MR) is 78.8 cm³/mol. The van der Waals surface area contributed by atoms with Crippen LogP contribution >= 0.6 is 22.9 Å². The molecule has 0 bridgehead atoms. The Balaban J connectivity index is 1.96. The van der Waals surface area contributed by atoms with E-state index in [1.807, 2.05) is 12.1 Å². The van der Waals surface area contributed by atoms with Gasteiger partial charge in [0.15, 0.2) is 5.13 Å². The lowest BCUT2D eigenvalue weighted by atomic mass is 10.3. The maximum absolute atomic E-state index is 5.93. The highest BCUT2D eigenvalue weighted by Crippen LogP contribution is 2.30. The summed E-state index contributed by atoms with van der Waals surface area (Å²) in [6, 6.07) is 7.12. The largest absolute Gasteiger partial charge is 0.383 e. The first-order valence-corrected chi connectivity index (χ1v) is 6.53. The maximum atomic E-state index is 5.93. The van der Waals surface area contributed by atoms with Crippen LogP contribution in [-0.2, 0) is 0 Å². The molecule has 0 saturated carbocycles. The van der Waals surface area contributed by atoms with E-state index in [2.05, 4.69) is 20.3 Å². The molecular formula is C11H9ClN6S. The molecule has 8 heteroatoms. The fourth-order valence-corrected chi connectivity index (χ4v) is 2.76.